The second-order valence-electron chi connectivity index (χ2n) is 11.3. The second kappa shape index (κ2) is 17.9. The molecule has 0 radical (unpaired) electrons. The highest BCUT2D eigenvalue weighted by Crippen LogP contribution is 2.27. The molecule has 0 spiro atoms. The average molecular weight is 756 g/mol. The lowest BCUT2D eigenvalue weighted by atomic mass is 10.2. The first-order valence-corrected chi connectivity index (χ1v) is 19.6. The van der Waals surface area contributed by atoms with E-state index in [-0.39, 0.29) is 0 Å². The minimum Gasteiger partial charge on any atom is -0.263 e. The molecule has 6 heterocycles. The van der Waals surface area contributed by atoms with Gasteiger partial charge in [0.05, 0.1) is 4.70 Å². The molecule has 0 bridgehead atoms. The van der Waals surface area contributed by atoms with Crippen molar-refractivity contribution in [1.82, 2.24) is 9.97 Å². The van der Waals surface area contributed by atoms with Crippen molar-refractivity contribution >= 4 is 109 Å². The summed E-state index contributed by atoms with van der Waals surface area (Å²) in [5.74, 6) is 0. The first-order valence-electron chi connectivity index (χ1n) is 15.6. The van der Waals surface area contributed by atoms with Gasteiger partial charge in [-0.3, -0.25) is 4.98 Å². The summed E-state index contributed by atoms with van der Waals surface area (Å²) in [7, 11) is 0. The second-order valence-corrected chi connectivity index (χ2v) is 17.2. The highest BCUT2D eigenvalue weighted by Gasteiger charge is 1.98. The lowest BCUT2D eigenvalue weighted by Gasteiger charge is -1.88. The summed E-state index contributed by atoms with van der Waals surface area (Å²) in [6.07, 6.45) is 5.57. The Morgan fingerprint density at radius 1 is 0.449 bits per heavy atom. The van der Waals surface area contributed by atoms with Crippen LogP contribution >= 0.6 is 68.5 Å². The molecule has 3 aromatic carbocycles. The molecule has 8 heteroatoms. The number of nitrogens with zero attached hydrogens (tertiary/aromatic N) is 2. The molecule has 0 N–H and O–H groups in total. The normalized spacial score (nSPS) is 10.3. The van der Waals surface area contributed by atoms with Crippen LogP contribution in [0.4, 0.5) is 0 Å². The molecule has 0 saturated carbocycles. The zero-order valence-corrected chi connectivity index (χ0v) is 32.7. The molecule has 0 saturated heterocycles. The van der Waals surface area contributed by atoms with Gasteiger partial charge in [-0.1, -0.05) is 65.2 Å². The van der Waals surface area contributed by atoms with Crippen LogP contribution in [0.25, 0.3) is 40.5 Å². The van der Waals surface area contributed by atoms with Gasteiger partial charge in [0.2, 0.25) is 0 Å². The molecule has 0 amide bonds. The predicted molar refractivity (Wildman–Crippen MR) is 223 cm³/mol. The largest absolute Gasteiger partial charge is 0.263 e. The molecule has 6 aromatic heterocycles. The van der Waals surface area contributed by atoms with Crippen LogP contribution in [0.1, 0.15) is 25.1 Å². The number of thiophene rings is 4. The van der Waals surface area contributed by atoms with Gasteiger partial charge in [-0.05, 0) is 124 Å². The van der Waals surface area contributed by atoms with E-state index in [1.165, 1.54) is 60.7 Å². The number of benzene rings is 3. The average Bonchev–Trinajstić information content (AvgIpc) is 3.85. The van der Waals surface area contributed by atoms with Gasteiger partial charge in [-0.25, -0.2) is 4.98 Å². The fourth-order valence-electron chi connectivity index (χ4n) is 4.81. The highest BCUT2D eigenvalue weighted by molar-refractivity contribution is 7.19. The van der Waals surface area contributed by atoms with Gasteiger partial charge in [-0.15, -0.1) is 45.3 Å². The van der Waals surface area contributed by atoms with Gasteiger partial charge < -0.3 is 0 Å². The maximum absolute atomic E-state index is 5.83. The van der Waals surface area contributed by atoms with Crippen LogP contribution in [0.3, 0.4) is 0 Å². The summed E-state index contributed by atoms with van der Waals surface area (Å²) in [6, 6.07) is 37.0. The molecule has 0 atom stereocenters. The number of aromatic nitrogens is 2. The molecular formula is C41H36Cl2N2S4. The molecule has 0 aliphatic carbocycles. The molecule has 0 aliphatic rings. The Hall–Kier alpha value is -3.62. The molecule has 0 aliphatic heterocycles. The number of hydrogen-bond donors (Lipinski definition) is 0. The van der Waals surface area contributed by atoms with Crippen LogP contribution < -0.4 is 0 Å². The number of fused-ring (bicyclic) bond motifs is 4. The van der Waals surface area contributed by atoms with Crippen LogP contribution in [0.2, 0.25) is 10.0 Å². The third-order valence-electron chi connectivity index (χ3n) is 7.02. The minimum absolute atomic E-state index is 0.801. The number of pyridine rings is 2. The van der Waals surface area contributed by atoms with E-state index in [0.29, 0.717) is 0 Å². The van der Waals surface area contributed by atoms with Gasteiger partial charge in [-0.2, -0.15) is 0 Å². The zero-order chi connectivity index (χ0) is 34.8. The van der Waals surface area contributed by atoms with Gasteiger partial charge in [0.1, 0.15) is 4.83 Å². The monoisotopic (exact) mass is 754 g/mol. The Kier molecular flexibility index (Phi) is 13.4. The van der Waals surface area contributed by atoms with Crippen LogP contribution in [0.15, 0.2) is 128 Å². The highest BCUT2D eigenvalue weighted by atomic mass is 35.5. The van der Waals surface area contributed by atoms with E-state index in [4.69, 9.17) is 23.2 Å². The Labute approximate surface area is 314 Å². The third-order valence-corrected chi connectivity index (χ3v) is 11.5. The SMILES string of the molecule is Cc1cc2cc(Cl)ccc2s1.Cc1cc2ccccc2s1.Cc1cc2cccnc2s1.Cc1cc2ccncc2s1.Cc1ccc(Cl)cc1. The van der Waals surface area contributed by atoms with E-state index in [9.17, 15) is 0 Å². The summed E-state index contributed by atoms with van der Waals surface area (Å²) in [5, 5.41) is 6.79. The van der Waals surface area contributed by atoms with E-state index >= 15 is 0 Å². The number of hydrogen-bond acceptors (Lipinski definition) is 6. The Balaban J connectivity index is 0.000000120. The molecule has 9 aromatic rings. The number of aryl methyl sites for hydroxylation is 5. The van der Waals surface area contributed by atoms with Crippen molar-refractivity contribution in [1.29, 1.82) is 0 Å². The fourth-order valence-corrected chi connectivity index (χ4v) is 8.69. The van der Waals surface area contributed by atoms with E-state index in [2.05, 4.69) is 98.3 Å². The quantitative estimate of drug-likeness (QED) is 0.154. The topological polar surface area (TPSA) is 25.8 Å². The Morgan fingerprint density at radius 2 is 1.00 bits per heavy atom. The number of rotatable bonds is 0. The maximum Gasteiger partial charge on any atom is 0.123 e. The molecule has 0 unspecified atom stereocenters. The van der Waals surface area contributed by atoms with Gasteiger partial charge in [0.25, 0.3) is 0 Å². The lowest BCUT2D eigenvalue weighted by molar-refractivity contribution is 1.37. The molecule has 9 rings (SSSR count). The summed E-state index contributed by atoms with van der Waals surface area (Å²) in [5.41, 5.74) is 1.24. The van der Waals surface area contributed by atoms with E-state index in [0.717, 1.165) is 14.9 Å². The summed E-state index contributed by atoms with van der Waals surface area (Å²) < 4.78 is 3.98. The Morgan fingerprint density at radius 3 is 1.65 bits per heavy atom. The number of halogens is 2. The van der Waals surface area contributed by atoms with E-state index in [1.54, 1.807) is 34.0 Å². The van der Waals surface area contributed by atoms with Crippen molar-refractivity contribution < 1.29 is 0 Å². The van der Waals surface area contributed by atoms with Crippen molar-refractivity contribution in [3.63, 3.8) is 0 Å². The van der Waals surface area contributed by atoms with Crippen molar-refractivity contribution in [2.24, 2.45) is 0 Å². The van der Waals surface area contributed by atoms with Crippen LogP contribution in [0.5, 0.6) is 0 Å². The molecule has 49 heavy (non-hydrogen) atoms. The molecule has 0 fully saturated rings. The van der Waals surface area contributed by atoms with Gasteiger partial charge >= 0.3 is 0 Å². The van der Waals surface area contributed by atoms with Crippen molar-refractivity contribution in [3.05, 3.63) is 163 Å². The first-order chi connectivity index (χ1) is 23.6. The summed E-state index contributed by atoms with van der Waals surface area (Å²) >= 11 is 18.6. The molecular weight excluding hydrogens is 720 g/mol. The van der Waals surface area contributed by atoms with E-state index < -0.39 is 0 Å². The van der Waals surface area contributed by atoms with E-state index in [1.807, 2.05) is 85.4 Å². The third kappa shape index (κ3) is 11.2. The lowest BCUT2D eigenvalue weighted by Crippen LogP contribution is -1.66. The van der Waals surface area contributed by atoms with Crippen LogP contribution in [0, 0.1) is 34.6 Å². The van der Waals surface area contributed by atoms with Crippen molar-refractivity contribution in [2.75, 3.05) is 0 Å². The fraction of sp³-hybridized carbons (Fsp3) is 0.122. The first kappa shape index (κ1) is 36.7. The maximum atomic E-state index is 5.83. The summed E-state index contributed by atoms with van der Waals surface area (Å²) in [4.78, 5) is 14.8. The smallest absolute Gasteiger partial charge is 0.123 e. The van der Waals surface area contributed by atoms with Gasteiger partial charge in [0.15, 0.2) is 0 Å². The standard InChI is InChI=1S/C9H7ClS.C9H8S.2C8H7NS.C7H7Cl/c1-6-4-7-5-8(10)2-3-9(7)11-6;1-7-6-8-4-2-3-5-9(8)10-7;1-6-4-7-2-3-9-5-8(7)10-6;1-6-5-7-3-2-4-9-8(7)10-6;1-6-2-4-7(8)5-3-6/h2-5H,1H3;2-6H,1H3;2*2-5H,1H3;2-5H,1H3. The predicted octanol–water partition coefficient (Wildman–Crippen LogP) is 14.9. The Bertz CT molecular complexity index is 2090. The van der Waals surface area contributed by atoms with Crippen molar-refractivity contribution in [2.45, 2.75) is 34.6 Å². The minimum atomic E-state index is 0.801. The van der Waals surface area contributed by atoms with Crippen LogP contribution in [-0.4, -0.2) is 9.97 Å². The van der Waals surface area contributed by atoms with Gasteiger partial charge in [0, 0.05) is 62.9 Å². The summed E-state index contributed by atoms with van der Waals surface area (Å²) in [6.45, 7) is 10.5. The zero-order valence-electron chi connectivity index (χ0n) is 27.9. The van der Waals surface area contributed by atoms with Crippen molar-refractivity contribution in [3.8, 4) is 0 Å². The molecule has 248 valence electrons. The van der Waals surface area contributed by atoms with Crippen LogP contribution in [-0.2, 0) is 0 Å². The molecule has 2 nitrogen and oxygen atoms in total.